The molecule has 0 saturated carbocycles. The first-order valence-corrected chi connectivity index (χ1v) is 11.2. The van der Waals surface area contributed by atoms with Gasteiger partial charge in [0.25, 0.3) is 5.91 Å². The number of thiophene rings is 1. The zero-order valence-electron chi connectivity index (χ0n) is 17.2. The maximum absolute atomic E-state index is 12.9. The zero-order valence-corrected chi connectivity index (χ0v) is 18.0. The average molecular weight is 444 g/mol. The van der Waals surface area contributed by atoms with Crippen LogP contribution < -0.4 is 11.1 Å². The molecule has 0 aliphatic heterocycles. The quantitative estimate of drug-likeness (QED) is 0.407. The molecule has 160 valence electrons. The van der Waals surface area contributed by atoms with E-state index in [1.165, 1.54) is 34.6 Å². The van der Waals surface area contributed by atoms with Crippen molar-refractivity contribution in [3.63, 3.8) is 0 Å². The highest BCUT2D eigenvalue weighted by atomic mass is 32.1. The summed E-state index contributed by atoms with van der Waals surface area (Å²) in [5, 5.41) is 12.7. The van der Waals surface area contributed by atoms with Gasteiger partial charge in [-0.1, -0.05) is 36.4 Å². The number of carboxylic acids is 1. The van der Waals surface area contributed by atoms with Crippen molar-refractivity contribution in [3.05, 3.63) is 87.9 Å². The van der Waals surface area contributed by atoms with Crippen LogP contribution in [-0.4, -0.2) is 22.0 Å². The first-order valence-electron chi connectivity index (χ1n) is 10.4. The third-order valence-electron chi connectivity index (χ3n) is 5.93. The van der Waals surface area contributed by atoms with Crippen molar-refractivity contribution >= 4 is 44.8 Å². The third-order valence-corrected chi connectivity index (χ3v) is 7.04. The lowest BCUT2D eigenvalue weighted by molar-refractivity contribution is 0.0696. The van der Waals surface area contributed by atoms with E-state index in [-0.39, 0.29) is 11.5 Å². The van der Waals surface area contributed by atoms with Crippen LogP contribution in [0.4, 0.5) is 11.4 Å². The van der Waals surface area contributed by atoms with Crippen LogP contribution in [-0.2, 0) is 12.8 Å². The molecule has 2 aromatic carbocycles. The van der Waals surface area contributed by atoms with E-state index in [4.69, 9.17) is 15.8 Å². The molecule has 0 bridgehead atoms. The summed E-state index contributed by atoms with van der Waals surface area (Å²) in [4.78, 5) is 30.0. The van der Waals surface area contributed by atoms with Crippen molar-refractivity contribution in [1.82, 2.24) is 4.98 Å². The van der Waals surface area contributed by atoms with E-state index in [0.29, 0.717) is 22.2 Å². The highest BCUT2D eigenvalue weighted by Gasteiger charge is 2.24. The Morgan fingerprint density at radius 1 is 1.09 bits per heavy atom. The molecule has 0 spiro atoms. The number of amides is 1. The Hall–Kier alpha value is -3.71. The van der Waals surface area contributed by atoms with Gasteiger partial charge in [0.05, 0.1) is 11.3 Å². The summed E-state index contributed by atoms with van der Waals surface area (Å²) in [5.41, 5.74) is 10.9. The van der Waals surface area contributed by atoms with Crippen LogP contribution >= 0.6 is 11.3 Å². The number of fused-ring (bicyclic) bond motifs is 2. The molecule has 5 rings (SSSR count). The van der Waals surface area contributed by atoms with Crippen LogP contribution in [0.2, 0.25) is 0 Å². The van der Waals surface area contributed by atoms with Gasteiger partial charge < -0.3 is 16.2 Å². The van der Waals surface area contributed by atoms with Crippen LogP contribution in [0.1, 0.15) is 49.2 Å². The lowest BCUT2D eigenvalue weighted by atomic mass is 9.82. The standard InChI is InChI=1S/C25H21N3O3S/c26-21-19-13-17-11-15(14-5-2-1-3-6-14)9-10-20(17)28-24(19)32-22(21)23(29)27-18-8-4-7-16(12-18)25(30)31/h1-8,12-13,15H,9-11,26H2,(H,27,29)(H,30,31). The molecule has 7 heteroatoms. The Kier molecular flexibility index (Phi) is 5.11. The van der Waals surface area contributed by atoms with Gasteiger partial charge in [-0.3, -0.25) is 4.79 Å². The van der Waals surface area contributed by atoms with Gasteiger partial charge in [0, 0.05) is 16.8 Å². The number of nitrogens with zero attached hydrogens (tertiary/aromatic N) is 1. The Labute approximate surface area is 188 Å². The number of hydrogen-bond donors (Lipinski definition) is 3. The number of nitrogens with one attached hydrogen (secondary N) is 1. The fourth-order valence-electron chi connectivity index (χ4n) is 4.29. The van der Waals surface area contributed by atoms with E-state index in [0.717, 1.165) is 35.2 Å². The number of aromatic carboxylic acids is 1. The fraction of sp³-hybridized carbons (Fsp3) is 0.160. The summed E-state index contributed by atoms with van der Waals surface area (Å²) in [5.74, 6) is -0.966. The molecule has 1 unspecified atom stereocenters. The molecule has 1 aliphatic carbocycles. The van der Waals surface area contributed by atoms with Crippen molar-refractivity contribution in [1.29, 1.82) is 0 Å². The van der Waals surface area contributed by atoms with E-state index in [2.05, 4.69) is 35.6 Å². The predicted molar refractivity (Wildman–Crippen MR) is 127 cm³/mol. The number of nitrogens with two attached hydrogens (primary N) is 1. The van der Waals surface area contributed by atoms with E-state index in [1.807, 2.05) is 6.07 Å². The van der Waals surface area contributed by atoms with E-state index < -0.39 is 5.97 Å². The predicted octanol–water partition coefficient (Wildman–Crippen LogP) is 5.10. The van der Waals surface area contributed by atoms with Crippen molar-refractivity contribution in [2.75, 3.05) is 11.1 Å². The van der Waals surface area contributed by atoms with Crippen molar-refractivity contribution in [2.45, 2.75) is 25.2 Å². The van der Waals surface area contributed by atoms with E-state index in [9.17, 15) is 9.59 Å². The van der Waals surface area contributed by atoms with Crippen LogP contribution in [0, 0.1) is 0 Å². The Morgan fingerprint density at radius 3 is 2.69 bits per heavy atom. The molecule has 0 fully saturated rings. The number of carboxylic acid groups (broad SMARTS) is 1. The minimum Gasteiger partial charge on any atom is -0.478 e. The van der Waals surface area contributed by atoms with E-state index >= 15 is 0 Å². The lowest BCUT2D eigenvalue weighted by Crippen LogP contribution is -2.14. The molecule has 32 heavy (non-hydrogen) atoms. The van der Waals surface area contributed by atoms with Crippen LogP contribution in [0.15, 0.2) is 60.7 Å². The fourth-order valence-corrected chi connectivity index (χ4v) is 5.28. The van der Waals surface area contributed by atoms with Crippen LogP contribution in [0.3, 0.4) is 0 Å². The van der Waals surface area contributed by atoms with Crippen molar-refractivity contribution in [3.8, 4) is 0 Å². The number of nitrogen functional groups attached to an aromatic ring is 1. The molecule has 6 nitrogen and oxygen atoms in total. The molecular formula is C25H21N3O3S. The molecule has 4 aromatic rings. The van der Waals surface area contributed by atoms with Crippen LogP contribution in [0.5, 0.6) is 0 Å². The highest BCUT2D eigenvalue weighted by Crippen LogP contribution is 2.38. The Morgan fingerprint density at radius 2 is 1.91 bits per heavy atom. The van der Waals surface area contributed by atoms with Gasteiger partial charge in [-0.2, -0.15) is 0 Å². The molecule has 1 aliphatic rings. The minimum atomic E-state index is -1.05. The van der Waals surface area contributed by atoms with Gasteiger partial charge in [-0.05, 0) is 60.6 Å². The van der Waals surface area contributed by atoms with Gasteiger partial charge in [0.2, 0.25) is 0 Å². The normalized spacial score (nSPS) is 15.3. The smallest absolute Gasteiger partial charge is 0.335 e. The summed E-state index contributed by atoms with van der Waals surface area (Å²) in [6.07, 6.45) is 2.84. The molecular weight excluding hydrogens is 422 g/mol. The Balaban J connectivity index is 1.44. The monoisotopic (exact) mass is 443 g/mol. The summed E-state index contributed by atoms with van der Waals surface area (Å²) in [7, 11) is 0. The molecule has 2 heterocycles. The maximum Gasteiger partial charge on any atom is 0.335 e. The third kappa shape index (κ3) is 3.71. The second-order valence-corrected chi connectivity index (χ2v) is 8.98. The van der Waals surface area contributed by atoms with E-state index in [1.54, 1.807) is 12.1 Å². The summed E-state index contributed by atoms with van der Waals surface area (Å²) in [6, 6.07) is 18.7. The molecule has 2 aromatic heterocycles. The van der Waals surface area contributed by atoms with Crippen LogP contribution in [0.25, 0.3) is 10.2 Å². The van der Waals surface area contributed by atoms with Gasteiger partial charge in [-0.15, -0.1) is 11.3 Å². The molecule has 4 N–H and O–H groups in total. The first kappa shape index (κ1) is 20.2. The van der Waals surface area contributed by atoms with Gasteiger partial charge in [0.15, 0.2) is 0 Å². The largest absolute Gasteiger partial charge is 0.478 e. The molecule has 0 radical (unpaired) electrons. The Bertz CT molecular complexity index is 1350. The number of carbonyl (C=O) groups is 2. The van der Waals surface area contributed by atoms with Gasteiger partial charge >= 0.3 is 5.97 Å². The molecule has 0 saturated heterocycles. The lowest BCUT2D eigenvalue weighted by Gasteiger charge is -2.24. The molecule has 1 amide bonds. The second-order valence-electron chi connectivity index (χ2n) is 7.98. The highest BCUT2D eigenvalue weighted by molar-refractivity contribution is 7.21. The number of hydrogen-bond acceptors (Lipinski definition) is 5. The average Bonchev–Trinajstić information content (AvgIpc) is 3.13. The number of benzene rings is 2. The SMILES string of the molecule is Nc1c(C(=O)Nc2cccc(C(=O)O)c2)sc2nc3c(cc12)CC(c1ccccc1)CC3. The molecule has 1 atom stereocenters. The summed E-state index contributed by atoms with van der Waals surface area (Å²) >= 11 is 1.27. The summed E-state index contributed by atoms with van der Waals surface area (Å²) < 4.78 is 0. The minimum absolute atomic E-state index is 0.106. The first-order chi connectivity index (χ1) is 15.5. The van der Waals surface area contributed by atoms with Gasteiger partial charge in [0.1, 0.15) is 9.71 Å². The second kappa shape index (κ2) is 8.09. The number of aromatic nitrogens is 1. The maximum atomic E-state index is 12.9. The van der Waals surface area contributed by atoms with Gasteiger partial charge in [-0.25, -0.2) is 9.78 Å². The number of aryl methyl sites for hydroxylation is 1. The number of pyridine rings is 1. The zero-order chi connectivity index (χ0) is 22.2. The number of rotatable bonds is 4. The topological polar surface area (TPSA) is 105 Å². The number of carbonyl (C=O) groups excluding carboxylic acids is 1. The van der Waals surface area contributed by atoms with Crippen molar-refractivity contribution < 1.29 is 14.7 Å². The number of anilines is 2. The van der Waals surface area contributed by atoms with Crippen molar-refractivity contribution in [2.24, 2.45) is 0 Å². The summed E-state index contributed by atoms with van der Waals surface area (Å²) in [6.45, 7) is 0.